The van der Waals surface area contributed by atoms with Crippen molar-refractivity contribution in [2.45, 2.75) is 0 Å². The maximum atomic E-state index is 13.1. The van der Waals surface area contributed by atoms with Gasteiger partial charge in [0.2, 0.25) is 15.9 Å². The van der Waals surface area contributed by atoms with Crippen LogP contribution in [0.1, 0.15) is 0 Å². The Morgan fingerprint density at radius 1 is 1.33 bits per heavy atom. The first kappa shape index (κ1) is 14.4. The van der Waals surface area contributed by atoms with Crippen molar-refractivity contribution in [1.29, 1.82) is 0 Å². The van der Waals surface area contributed by atoms with Crippen LogP contribution in [0.5, 0.6) is 0 Å². The molecule has 0 atom stereocenters. The van der Waals surface area contributed by atoms with Crippen molar-refractivity contribution in [3.05, 3.63) is 30.1 Å². The predicted octanol–water partition coefficient (Wildman–Crippen LogP) is 0.680. The number of rotatable bonds is 4. The first-order valence-electron chi connectivity index (χ1n) is 5.15. The molecule has 0 bridgehead atoms. The molecule has 0 heterocycles. The number of carbonyl (C=O) groups excluding carboxylic acids is 1. The van der Waals surface area contributed by atoms with Gasteiger partial charge in [-0.05, 0) is 18.2 Å². The van der Waals surface area contributed by atoms with E-state index in [-0.39, 0.29) is 18.1 Å². The second-order valence-electron chi connectivity index (χ2n) is 4.04. The second-order valence-corrected chi connectivity index (χ2v) is 5.94. The van der Waals surface area contributed by atoms with Crippen molar-refractivity contribution in [3.8, 4) is 0 Å². The van der Waals surface area contributed by atoms with Gasteiger partial charge in [0.15, 0.2) is 0 Å². The van der Waals surface area contributed by atoms with Gasteiger partial charge in [0.1, 0.15) is 12.4 Å². The summed E-state index contributed by atoms with van der Waals surface area (Å²) in [6.07, 6.45) is 0.973. The number of carbonyl (C=O) groups is 1. The molecule has 0 aliphatic carbocycles. The number of nitrogens with zero attached hydrogens (tertiary/aromatic N) is 2. The lowest BCUT2D eigenvalue weighted by atomic mass is 10.3. The molecule has 7 heteroatoms. The maximum Gasteiger partial charge on any atom is 0.242 e. The highest BCUT2D eigenvalue weighted by atomic mass is 32.2. The fraction of sp³-hybridized carbons (Fsp3) is 0.364. The molecule has 1 amide bonds. The van der Waals surface area contributed by atoms with Crippen LogP contribution in [0, 0.1) is 5.82 Å². The van der Waals surface area contributed by atoms with Crippen LogP contribution >= 0.6 is 0 Å². The van der Waals surface area contributed by atoms with Gasteiger partial charge in [0.25, 0.3) is 0 Å². The zero-order valence-corrected chi connectivity index (χ0v) is 11.2. The molecule has 0 N–H and O–H groups in total. The summed E-state index contributed by atoms with van der Waals surface area (Å²) < 4.78 is 37.2. The van der Waals surface area contributed by atoms with Crippen LogP contribution < -0.4 is 4.31 Å². The Kier molecular flexibility index (Phi) is 4.28. The zero-order chi connectivity index (χ0) is 13.9. The zero-order valence-electron chi connectivity index (χ0n) is 10.4. The molecule has 100 valence electrons. The van der Waals surface area contributed by atoms with E-state index < -0.39 is 15.8 Å². The molecule has 0 spiro atoms. The molecule has 18 heavy (non-hydrogen) atoms. The van der Waals surface area contributed by atoms with E-state index in [2.05, 4.69) is 0 Å². The number of halogens is 1. The average molecular weight is 274 g/mol. The van der Waals surface area contributed by atoms with Crippen molar-refractivity contribution in [1.82, 2.24) is 4.90 Å². The van der Waals surface area contributed by atoms with Gasteiger partial charge in [-0.2, -0.15) is 0 Å². The molecule has 1 aromatic carbocycles. The van der Waals surface area contributed by atoms with Crippen molar-refractivity contribution in [3.63, 3.8) is 0 Å². The van der Waals surface area contributed by atoms with Crippen molar-refractivity contribution >= 4 is 21.6 Å². The van der Waals surface area contributed by atoms with Gasteiger partial charge in [0.05, 0.1) is 11.9 Å². The average Bonchev–Trinajstić information content (AvgIpc) is 2.23. The van der Waals surface area contributed by atoms with Crippen LogP contribution in [0.15, 0.2) is 24.3 Å². The third-order valence-electron chi connectivity index (χ3n) is 2.27. The van der Waals surface area contributed by atoms with E-state index in [1.54, 1.807) is 0 Å². The summed E-state index contributed by atoms with van der Waals surface area (Å²) in [4.78, 5) is 12.9. The van der Waals surface area contributed by atoms with Crippen LogP contribution in [0.3, 0.4) is 0 Å². The van der Waals surface area contributed by atoms with Gasteiger partial charge in [-0.3, -0.25) is 9.10 Å². The largest absolute Gasteiger partial charge is 0.347 e. The molecule has 0 aromatic heterocycles. The molecule has 0 radical (unpaired) electrons. The molecular weight excluding hydrogens is 259 g/mol. The van der Waals surface area contributed by atoms with E-state index in [1.165, 1.54) is 37.2 Å². The van der Waals surface area contributed by atoms with Gasteiger partial charge in [-0.25, -0.2) is 12.8 Å². The predicted molar refractivity (Wildman–Crippen MR) is 67.3 cm³/mol. The molecule has 5 nitrogen and oxygen atoms in total. The van der Waals surface area contributed by atoms with Crippen LogP contribution in [0.4, 0.5) is 10.1 Å². The third-order valence-corrected chi connectivity index (χ3v) is 3.41. The van der Waals surface area contributed by atoms with Gasteiger partial charge in [-0.15, -0.1) is 0 Å². The maximum absolute atomic E-state index is 13.1. The smallest absolute Gasteiger partial charge is 0.242 e. The minimum atomic E-state index is -3.64. The third kappa shape index (κ3) is 3.69. The Balaban J connectivity index is 3.12. The van der Waals surface area contributed by atoms with E-state index in [9.17, 15) is 17.6 Å². The van der Waals surface area contributed by atoms with Crippen molar-refractivity contribution in [2.75, 3.05) is 31.2 Å². The van der Waals surface area contributed by atoms with Crippen LogP contribution in [0.25, 0.3) is 0 Å². The first-order chi connectivity index (χ1) is 8.21. The van der Waals surface area contributed by atoms with E-state index in [0.717, 1.165) is 16.6 Å². The van der Waals surface area contributed by atoms with Crippen molar-refractivity contribution in [2.24, 2.45) is 0 Å². The molecule has 0 fully saturated rings. The highest BCUT2D eigenvalue weighted by Gasteiger charge is 2.21. The first-order valence-corrected chi connectivity index (χ1v) is 7.00. The second kappa shape index (κ2) is 5.34. The van der Waals surface area contributed by atoms with Crippen LogP contribution in [-0.4, -0.2) is 46.1 Å². The molecular formula is C11H15FN2O3S. The standard InChI is InChI=1S/C11H15FN2O3S/c1-13(2)11(15)8-14(18(3,16)17)10-6-4-5-9(12)7-10/h4-7H,8H2,1-3H3. The lowest BCUT2D eigenvalue weighted by Gasteiger charge is -2.23. The molecule has 0 aliphatic rings. The van der Waals surface area contributed by atoms with Gasteiger partial charge < -0.3 is 4.90 Å². The number of benzene rings is 1. The SMILES string of the molecule is CN(C)C(=O)CN(c1cccc(F)c1)S(C)(=O)=O. The summed E-state index contributed by atoms with van der Waals surface area (Å²) in [6.45, 7) is -0.352. The summed E-state index contributed by atoms with van der Waals surface area (Å²) >= 11 is 0. The van der Waals surface area contributed by atoms with E-state index in [1.807, 2.05) is 0 Å². The molecule has 0 saturated heterocycles. The summed E-state index contributed by atoms with van der Waals surface area (Å²) in [5.74, 6) is -0.942. The Hall–Kier alpha value is -1.63. The number of hydrogen-bond donors (Lipinski definition) is 0. The fourth-order valence-corrected chi connectivity index (χ4v) is 2.14. The molecule has 0 unspecified atom stereocenters. The van der Waals surface area contributed by atoms with Gasteiger partial charge >= 0.3 is 0 Å². The summed E-state index contributed by atoms with van der Waals surface area (Å²) in [5, 5.41) is 0. The fourth-order valence-electron chi connectivity index (χ4n) is 1.30. The van der Waals surface area contributed by atoms with E-state index in [4.69, 9.17) is 0 Å². The Morgan fingerprint density at radius 2 is 1.94 bits per heavy atom. The minimum Gasteiger partial charge on any atom is -0.347 e. The molecule has 0 saturated carbocycles. The highest BCUT2D eigenvalue weighted by Crippen LogP contribution is 2.18. The molecule has 1 aromatic rings. The van der Waals surface area contributed by atoms with Crippen LogP contribution in [-0.2, 0) is 14.8 Å². The number of likely N-dealkylation sites (N-methyl/N-ethyl adjacent to an activating group) is 1. The summed E-state index contributed by atoms with van der Waals surface area (Å²) in [6, 6.07) is 5.11. The van der Waals surface area contributed by atoms with Gasteiger partial charge in [0, 0.05) is 14.1 Å². The van der Waals surface area contributed by atoms with E-state index >= 15 is 0 Å². The quantitative estimate of drug-likeness (QED) is 0.811. The Morgan fingerprint density at radius 3 is 2.39 bits per heavy atom. The highest BCUT2D eigenvalue weighted by molar-refractivity contribution is 7.92. The summed E-state index contributed by atoms with van der Waals surface area (Å²) in [5.41, 5.74) is 0.132. The van der Waals surface area contributed by atoms with Crippen molar-refractivity contribution < 1.29 is 17.6 Å². The number of amides is 1. The van der Waals surface area contributed by atoms with Crippen LogP contribution in [0.2, 0.25) is 0 Å². The Labute approximate surface area is 106 Å². The minimum absolute atomic E-state index is 0.132. The lowest BCUT2D eigenvalue weighted by molar-refractivity contribution is -0.127. The van der Waals surface area contributed by atoms with E-state index in [0.29, 0.717) is 0 Å². The number of anilines is 1. The van der Waals surface area contributed by atoms with Gasteiger partial charge in [-0.1, -0.05) is 6.07 Å². The number of hydrogen-bond acceptors (Lipinski definition) is 3. The summed E-state index contributed by atoms with van der Waals surface area (Å²) in [7, 11) is -0.600. The molecule has 1 rings (SSSR count). The number of sulfonamides is 1. The monoisotopic (exact) mass is 274 g/mol. The lowest BCUT2D eigenvalue weighted by Crippen LogP contribution is -2.39. The Bertz CT molecular complexity index is 543. The normalized spacial score (nSPS) is 11.1. The molecule has 0 aliphatic heterocycles. The topological polar surface area (TPSA) is 57.7 Å².